The van der Waals surface area contributed by atoms with Crippen LogP contribution in [0.25, 0.3) is 0 Å². The van der Waals surface area contributed by atoms with Crippen molar-refractivity contribution in [3.63, 3.8) is 0 Å². The van der Waals surface area contributed by atoms with Crippen LogP contribution in [0.2, 0.25) is 0 Å². The van der Waals surface area contributed by atoms with Crippen molar-refractivity contribution in [1.29, 1.82) is 0 Å². The van der Waals surface area contributed by atoms with Crippen molar-refractivity contribution in [1.82, 2.24) is 15.5 Å². The molecule has 0 saturated carbocycles. The van der Waals surface area contributed by atoms with Gasteiger partial charge in [0.25, 0.3) is 0 Å². The van der Waals surface area contributed by atoms with Crippen molar-refractivity contribution in [2.45, 2.75) is 52.5 Å². The number of hydrogen-bond donors (Lipinski definition) is 2. The molecule has 1 amide bonds. The Labute approximate surface area is 102 Å². The van der Waals surface area contributed by atoms with Crippen LogP contribution in [0.1, 0.15) is 44.9 Å². The summed E-state index contributed by atoms with van der Waals surface area (Å²) in [5.41, 5.74) is 2.53. The first-order chi connectivity index (χ1) is 7.94. The molecule has 0 aromatic carbocycles. The van der Waals surface area contributed by atoms with E-state index in [9.17, 15) is 4.79 Å². The largest absolute Gasteiger partial charge is 0.353 e. The first-order valence-electron chi connectivity index (χ1n) is 6.24. The fourth-order valence-electron chi connectivity index (χ4n) is 2.29. The zero-order valence-corrected chi connectivity index (χ0v) is 10.8. The minimum absolute atomic E-state index is 0.0535. The number of H-pyrrole nitrogens is 1. The normalized spacial score (nSPS) is 19.8. The van der Waals surface area contributed by atoms with Crippen molar-refractivity contribution >= 4 is 5.91 Å². The molecule has 0 aliphatic heterocycles. The quantitative estimate of drug-likeness (QED) is 0.821. The highest BCUT2D eigenvalue weighted by Gasteiger charge is 2.23. The highest BCUT2D eigenvalue weighted by molar-refractivity contribution is 5.76. The Bertz CT molecular complexity index is 403. The summed E-state index contributed by atoms with van der Waals surface area (Å²) in [4.78, 5) is 11.8. The number of nitrogens with zero attached hydrogens (tertiary/aromatic N) is 1. The van der Waals surface area contributed by atoms with Crippen molar-refractivity contribution in [3.05, 3.63) is 17.5 Å². The maximum absolute atomic E-state index is 11.8. The molecule has 1 aliphatic carbocycles. The van der Waals surface area contributed by atoms with E-state index in [0.717, 1.165) is 19.3 Å². The number of aromatic nitrogens is 2. The number of aryl methyl sites for hydroxylation is 1. The van der Waals surface area contributed by atoms with Gasteiger partial charge in [-0.3, -0.25) is 9.89 Å². The van der Waals surface area contributed by atoms with Crippen LogP contribution in [0.4, 0.5) is 0 Å². The molecule has 0 radical (unpaired) electrons. The second-order valence-electron chi connectivity index (χ2n) is 6.12. The standard InChI is InChI=1S/C13H21N3O/c1-13(2,3)7-12(17)15-10-5-4-9-8-14-16-11(9)6-10/h8,10H,4-7H2,1-3H3,(H,14,16)(H,15,17). The lowest BCUT2D eigenvalue weighted by atomic mass is 9.90. The SMILES string of the molecule is CC(C)(C)CC(=O)NC1CCc2cn[nH]c2C1. The fraction of sp³-hybridized carbons (Fsp3) is 0.692. The highest BCUT2D eigenvalue weighted by Crippen LogP contribution is 2.21. The Morgan fingerprint density at radius 1 is 1.59 bits per heavy atom. The molecule has 1 unspecified atom stereocenters. The Hall–Kier alpha value is -1.32. The van der Waals surface area contributed by atoms with Crippen molar-refractivity contribution in [2.24, 2.45) is 5.41 Å². The second-order valence-corrected chi connectivity index (χ2v) is 6.12. The van der Waals surface area contributed by atoms with Gasteiger partial charge in [0, 0.05) is 24.6 Å². The Balaban J connectivity index is 1.88. The Kier molecular flexibility index (Phi) is 3.22. The third kappa shape index (κ3) is 3.32. The summed E-state index contributed by atoms with van der Waals surface area (Å²) >= 11 is 0. The van der Waals surface area contributed by atoms with E-state index in [4.69, 9.17) is 0 Å². The van der Waals surface area contributed by atoms with Gasteiger partial charge in [-0.15, -0.1) is 0 Å². The van der Waals surface area contributed by atoms with Crippen LogP contribution in [0, 0.1) is 5.41 Å². The topological polar surface area (TPSA) is 57.8 Å². The summed E-state index contributed by atoms with van der Waals surface area (Å²) in [6.45, 7) is 6.25. The fourth-order valence-corrected chi connectivity index (χ4v) is 2.29. The molecular formula is C13H21N3O. The summed E-state index contributed by atoms with van der Waals surface area (Å²) < 4.78 is 0. The van der Waals surface area contributed by atoms with Gasteiger partial charge in [0.15, 0.2) is 0 Å². The smallest absolute Gasteiger partial charge is 0.220 e. The van der Waals surface area contributed by atoms with E-state index in [-0.39, 0.29) is 17.4 Å². The molecular weight excluding hydrogens is 214 g/mol. The van der Waals surface area contributed by atoms with E-state index in [1.807, 2.05) is 6.20 Å². The molecule has 1 atom stereocenters. The van der Waals surface area contributed by atoms with Gasteiger partial charge in [-0.1, -0.05) is 20.8 Å². The van der Waals surface area contributed by atoms with Crippen LogP contribution in [-0.4, -0.2) is 22.1 Å². The Morgan fingerprint density at radius 2 is 2.35 bits per heavy atom. The number of rotatable bonds is 2. The minimum atomic E-state index is 0.0535. The molecule has 0 fully saturated rings. The van der Waals surface area contributed by atoms with E-state index in [1.54, 1.807) is 0 Å². The molecule has 94 valence electrons. The first-order valence-corrected chi connectivity index (χ1v) is 6.24. The van der Waals surface area contributed by atoms with Crippen LogP contribution in [0.15, 0.2) is 6.20 Å². The van der Waals surface area contributed by atoms with Gasteiger partial charge in [0.05, 0.1) is 6.20 Å². The number of fused-ring (bicyclic) bond motifs is 1. The summed E-state index contributed by atoms with van der Waals surface area (Å²) in [5.74, 6) is 0.158. The van der Waals surface area contributed by atoms with Gasteiger partial charge in [0.2, 0.25) is 5.91 Å². The lowest BCUT2D eigenvalue weighted by molar-refractivity contribution is -0.123. The average Bonchev–Trinajstić information content (AvgIpc) is 2.61. The lowest BCUT2D eigenvalue weighted by Gasteiger charge is -2.25. The van der Waals surface area contributed by atoms with Gasteiger partial charge < -0.3 is 5.32 Å². The number of amides is 1. The molecule has 1 aliphatic rings. The van der Waals surface area contributed by atoms with Gasteiger partial charge >= 0.3 is 0 Å². The maximum Gasteiger partial charge on any atom is 0.220 e. The molecule has 2 rings (SSSR count). The zero-order valence-electron chi connectivity index (χ0n) is 10.8. The first kappa shape index (κ1) is 12.1. The predicted octanol–water partition coefficient (Wildman–Crippen LogP) is 1.82. The molecule has 0 bridgehead atoms. The van der Waals surface area contributed by atoms with Gasteiger partial charge in [-0.2, -0.15) is 5.10 Å². The molecule has 1 aromatic rings. The summed E-state index contributed by atoms with van der Waals surface area (Å²) in [6.07, 6.45) is 5.38. The van der Waals surface area contributed by atoms with Crippen LogP contribution in [0.5, 0.6) is 0 Å². The lowest BCUT2D eigenvalue weighted by Crippen LogP contribution is -2.40. The van der Waals surface area contributed by atoms with Crippen LogP contribution in [-0.2, 0) is 17.6 Å². The van der Waals surface area contributed by atoms with E-state index in [2.05, 4.69) is 36.3 Å². The average molecular weight is 235 g/mol. The van der Waals surface area contributed by atoms with Crippen molar-refractivity contribution < 1.29 is 4.79 Å². The van der Waals surface area contributed by atoms with Crippen LogP contribution < -0.4 is 5.32 Å². The number of aromatic amines is 1. The van der Waals surface area contributed by atoms with Crippen LogP contribution in [0.3, 0.4) is 0 Å². The zero-order chi connectivity index (χ0) is 12.5. The maximum atomic E-state index is 11.8. The van der Waals surface area contributed by atoms with Gasteiger partial charge in [-0.25, -0.2) is 0 Å². The second kappa shape index (κ2) is 4.51. The third-order valence-corrected chi connectivity index (χ3v) is 3.08. The minimum Gasteiger partial charge on any atom is -0.353 e. The molecule has 1 heterocycles. The van der Waals surface area contributed by atoms with Crippen molar-refractivity contribution in [2.75, 3.05) is 0 Å². The van der Waals surface area contributed by atoms with E-state index in [0.29, 0.717) is 6.42 Å². The molecule has 17 heavy (non-hydrogen) atoms. The molecule has 4 heteroatoms. The number of carbonyl (C=O) groups is 1. The predicted molar refractivity (Wildman–Crippen MR) is 66.6 cm³/mol. The summed E-state index contributed by atoms with van der Waals surface area (Å²) in [6, 6.07) is 0.262. The third-order valence-electron chi connectivity index (χ3n) is 3.08. The van der Waals surface area contributed by atoms with E-state index in [1.165, 1.54) is 11.3 Å². The molecule has 2 N–H and O–H groups in total. The van der Waals surface area contributed by atoms with E-state index < -0.39 is 0 Å². The summed E-state index contributed by atoms with van der Waals surface area (Å²) in [5, 5.41) is 10.2. The van der Waals surface area contributed by atoms with Gasteiger partial charge in [0.1, 0.15) is 0 Å². The summed E-state index contributed by atoms with van der Waals surface area (Å²) in [7, 11) is 0. The van der Waals surface area contributed by atoms with Gasteiger partial charge in [-0.05, 0) is 23.8 Å². The van der Waals surface area contributed by atoms with Crippen molar-refractivity contribution in [3.8, 4) is 0 Å². The molecule has 0 spiro atoms. The highest BCUT2D eigenvalue weighted by atomic mass is 16.1. The Morgan fingerprint density at radius 3 is 3.06 bits per heavy atom. The molecule has 1 aromatic heterocycles. The molecule has 4 nitrogen and oxygen atoms in total. The van der Waals surface area contributed by atoms with E-state index >= 15 is 0 Å². The number of hydrogen-bond acceptors (Lipinski definition) is 2. The van der Waals surface area contributed by atoms with Crippen LogP contribution >= 0.6 is 0 Å². The number of carbonyl (C=O) groups excluding carboxylic acids is 1. The monoisotopic (exact) mass is 235 g/mol. The number of nitrogens with one attached hydrogen (secondary N) is 2. The molecule has 0 saturated heterocycles.